The predicted octanol–water partition coefficient (Wildman–Crippen LogP) is 8.75. The van der Waals surface area contributed by atoms with Crippen molar-refractivity contribution in [3.63, 3.8) is 0 Å². The quantitative estimate of drug-likeness (QED) is 0.162. The molecule has 0 N–H and O–H groups in total. The Labute approximate surface area is 258 Å². The minimum atomic E-state index is -0.0884. The first-order valence-electron chi connectivity index (χ1n) is 13.2. The number of hydrogen-bond acceptors (Lipinski definition) is 5. The number of amidine groups is 1. The summed E-state index contributed by atoms with van der Waals surface area (Å²) in [6.45, 7) is 3.62. The summed E-state index contributed by atoms with van der Waals surface area (Å²) in [5.74, 6) is 1.08. The van der Waals surface area contributed by atoms with E-state index in [-0.39, 0.29) is 5.91 Å². The first kappa shape index (κ1) is 29.0. The van der Waals surface area contributed by atoms with Crippen LogP contribution in [0.5, 0.6) is 11.5 Å². The Morgan fingerprint density at radius 3 is 2.27 bits per heavy atom. The highest BCUT2D eigenvalue weighted by atomic mass is 79.9. The summed E-state index contributed by atoms with van der Waals surface area (Å²) in [5, 5.41) is 1.32. The highest BCUT2D eigenvalue weighted by Gasteiger charge is 2.33. The van der Waals surface area contributed by atoms with Crippen molar-refractivity contribution in [1.29, 1.82) is 0 Å². The SMILES string of the molecule is CCOc1cc(/C=C2\SC(=NCc3ccccc3)N(Cc3ccccc3)C2=O)c(Br)cc1OCc1ccccc1Cl. The van der Waals surface area contributed by atoms with Gasteiger partial charge in [-0.15, -0.1) is 0 Å². The van der Waals surface area contributed by atoms with Crippen molar-refractivity contribution in [2.24, 2.45) is 4.99 Å². The van der Waals surface area contributed by atoms with Crippen molar-refractivity contribution in [2.75, 3.05) is 6.61 Å². The fourth-order valence-electron chi connectivity index (χ4n) is 4.23. The van der Waals surface area contributed by atoms with Gasteiger partial charge in [0.2, 0.25) is 0 Å². The molecular weight excluding hydrogens is 620 g/mol. The van der Waals surface area contributed by atoms with Crippen LogP contribution in [-0.4, -0.2) is 22.6 Å². The number of benzene rings is 4. The molecule has 5 rings (SSSR count). The topological polar surface area (TPSA) is 51.1 Å². The van der Waals surface area contributed by atoms with E-state index in [2.05, 4.69) is 15.9 Å². The molecule has 41 heavy (non-hydrogen) atoms. The molecule has 0 bridgehead atoms. The highest BCUT2D eigenvalue weighted by molar-refractivity contribution is 9.10. The first-order valence-corrected chi connectivity index (χ1v) is 15.2. The van der Waals surface area contributed by atoms with Crippen LogP contribution in [0.2, 0.25) is 5.02 Å². The second-order valence-corrected chi connectivity index (χ2v) is 11.5. The summed E-state index contributed by atoms with van der Waals surface area (Å²) in [7, 11) is 0. The fraction of sp³-hybridized carbons (Fsp3) is 0.152. The average Bonchev–Trinajstić information content (AvgIpc) is 3.28. The maximum atomic E-state index is 13.7. The molecule has 0 spiro atoms. The third-order valence-corrected chi connectivity index (χ3v) is 8.40. The molecule has 1 fully saturated rings. The number of nitrogens with zero attached hydrogens (tertiary/aromatic N) is 2. The van der Waals surface area contributed by atoms with Crippen molar-refractivity contribution in [1.82, 2.24) is 4.90 Å². The molecule has 0 unspecified atom stereocenters. The predicted molar refractivity (Wildman–Crippen MR) is 171 cm³/mol. The number of hydrogen-bond donors (Lipinski definition) is 0. The van der Waals surface area contributed by atoms with E-state index in [9.17, 15) is 4.79 Å². The summed E-state index contributed by atoms with van der Waals surface area (Å²) in [6.07, 6.45) is 1.88. The molecule has 208 valence electrons. The molecule has 1 amide bonds. The summed E-state index contributed by atoms with van der Waals surface area (Å²) < 4.78 is 12.8. The van der Waals surface area contributed by atoms with Gasteiger partial charge in [0.05, 0.1) is 24.6 Å². The second kappa shape index (κ2) is 13.9. The largest absolute Gasteiger partial charge is 0.490 e. The molecule has 5 nitrogen and oxygen atoms in total. The van der Waals surface area contributed by atoms with Crippen LogP contribution in [0.15, 0.2) is 111 Å². The zero-order chi connectivity index (χ0) is 28.6. The number of halogens is 2. The molecule has 1 aliphatic heterocycles. The van der Waals surface area contributed by atoms with Crippen molar-refractivity contribution < 1.29 is 14.3 Å². The standard InChI is InChI=1S/C33H28BrClN2O3S/c1-2-39-29-17-26(27(34)19-30(29)40-22-25-15-9-10-16-28(25)35)18-31-32(38)37(21-24-13-7-4-8-14-24)33(41-31)36-20-23-11-5-3-6-12-23/h3-19H,2,20-22H2,1H3/b31-18-,36-33?. The van der Waals surface area contributed by atoms with Crippen molar-refractivity contribution >= 4 is 56.4 Å². The Morgan fingerprint density at radius 1 is 0.902 bits per heavy atom. The lowest BCUT2D eigenvalue weighted by Gasteiger charge is -2.16. The zero-order valence-electron chi connectivity index (χ0n) is 22.4. The zero-order valence-corrected chi connectivity index (χ0v) is 25.6. The van der Waals surface area contributed by atoms with Crippen LogP contribution in [0, 0.1) is 0 Å². The molecule has 0 radical (unpaired) electrons. The van der Waals surface area contributed by atoms with Gasteiger partial charge in [0, 0.05) is 15.1 Å². The Morgan fingerprint density at radius 2 is 1.56 bits per heavy atom. The Hall–Kier alpha value is -3.52. The molecule has 4 aromatic rings. The summed E-state index contributed by atoms with van der Waals surface area (Å²) in [6, 6.07) is 31.3. The normalized spacial score (nSPS) is 15.1. The number of amides is 1. The van der Waals surface area contributed by atoms with Crippen LogP contribution < -0.4 is 9.47 Å². The fourth-order valence-corrected chi connectivity index (χ4v) is 5.82. The molecule has 0 saturated carbocycles. The van der Waals surface area contributed by atoms with Gasteiger partial charge >= 0.3 is 0 Å². The lowest BCUT2D eigenvalue weighted by atomic mass is 10.1. The molecule has 0 atom stereocenters. The van der Waals surface area contributed by atoms with Crippen molar-refractivity contribution in [3.8, 4) is 11.5 Å². The molecule has 1 heterocycles. The van der Waals surface area contributed by atoms with Gasteiger partial charge in [-0.1, -0.05) is 106 Å². The Bertz CT molecular complexity index is 1580. The number of carbonyl (C=O) groups is 1. The lowest BCUT2D eigenvalue weighted by Crippen LogP contribution is -2.28. The van der Waals surface area contributed by atoms with Crippen LogP contribution in [0.4, 0.5) is 0 Å². The minimum absolute atomic E-state index is 0.0884. The van der Waals surface area contributed by atoms with E-state index in [1.54, 1.807) is 4.90 Å². The van der Waals surface area contributed by atoms with E-state index in [1.807, 2.05) is 110 Å². The average molecular weight is 648 g/mol. The van der Waals surface area contributed by atoms with Gasteiger partial charge in [-0.3, -0.25) is 14.7 Å². The maximum Gasteiger partial charge on any atom is 0.267 e. The van der Waals surface area contributed by atoms with Gasteiger partial charge in [0.15, 0.2) is 16.7 Å². The lowest BCUT2D eigenvalue weighted by molar-refractivity contribution is -0.122. The van der Waals surface area contributed by atoms with E-state index in [4.69, 9.17) is 26.1 Å². The molecule has 8 heteroatoms. The third kappa shape index (κ3) is 7.41. The Kier molecular flexibility index (Phi) is 9.83. The van der Waals surface area contributed by atoms with Crippen molar-refractivity contribution in [3.05, 3.63) is 134 Å². The van der Waals surface area contributed by atoms with Crippen LogP contribution >= 0.6 is 39.3 Å². The van der Waals surface area contributed by atoms with Gasteiger partial charge in [0.25, 0.3) is 5.91 Å². The van der Waals surface area contributed by atoms with E-state index in [1.165, 1.54) is 11.8 Å². The van der Waals surface area contributed by atoms with E-state index >= 15 is 0 Å². The number of aliphatic imine (C=N–C) groups is 1. The monoisotopic (exact) mass is 646 g/mol. The minimum Gasteiger partial charge on any atom is -0.490 e. The second-order valence-electron chi connectivity index (χ2n) is 9.21. The van der Waals surface area contributed by atoms with Gasteiger partial charge in [-0.05, 0) is 59.7 Å². The van der Waals surface area contributed by atoms with Gasteiger partial charge in [0.1, 0.15) is 6.61 Å². The third-order valence-electron chi connectivity index (χ3n) is 6.30. The summed E-state index contributed by atoms with van der Waals surface area (Å²) in [4.78, 5) is 20.8. The molecule has 1 saturated heterocycles. The molecule has 0 aliphatic carbocycles. The summed E-state index contributed by atoms with van der Waals surface area (Å²) >= 11 is 11.4. The van der Waals surface area contributed by atoms with Crippen LogP contribution in [-0.2, 0) is 24.5 Å². The number of rotatable bonds is 10. The molecule has 4 aromatic carbocycles. The smallest absolute Gasteiger partial charge is 0.267 e. The van der Waals surface area contributed by atoms with Crippen molar-refractivity contribution in [2.45, 2.75) is 26.6 Å². The summed E-state index contributed by atoms with van der Waals surface area (Å²) in [5.41, 5.74) is 3.81. The van der Waals surface area contributed by atoms with Gasteiger partial charge in [-0.2, -0.15) is 0 Å². The molecule has 0 aromatic heterocycles. The van der Waals surface area contributed by atoms with Crippen LogP contribution in [0.3, 0.4) is 0 Å². The number of carbonyl (C=O) groups excluding carboxylic acids is 1. The van der Waals surface area contributed by atoms with E-state index < -0.39 is 0 Å². The first-order chi connectivity index (χ1) is 20.0. The number of ether oxygens (including phenoxy) is 2. The van der Waals surface area contributed by atoms with Gasteiger partial charge in [-0.25, -0.2) is 0 Å². The van der Waals surface area contributed by atoms with Gasteiger partial charge < -0.3 is 9.47 Å². The molecule has 1 aliphatic rings. The highest BCUT2D eigenvalue weighted by Crippen LogP contribution is 2.39. The maximum absolute atomic E-state index is 13.7. The Balaban J connectivity index is 1.43. The number of thioether (sulfide) groups is 1. The van der Waals surface area contributed by atoms with E-state index in [0.29, 0.717) is 52.9 Å². The van der Waals surface area contributed by atoms with Crippen LogP contribution in [0.1, 0.15) is 29.2 Å². The van der Waals surface area contributed by atoms with E-state index in [0.717, 1.165) is 26.7 Å². The van der Waals surface area contributed by atoms with Crippen LogP contribution in [0.25, 0.3) is 6.08 Å². The molecular formula is C33H28BrClN2O3S.